The molecule has 0 aliphatic rings. The van der Waals surface area contributed by atoms with Crippen LogP contribution in [0.5, 0.6) is 0 Å². The summed E-state index contributed by atoms with van der Waals surface area (Å²) >= 11 is 0. The normalized spacial score (nSPS) is 12.0. The summed E-state index contributed by atoms with van der Waals surface area (Å²) < 4.78 is 2.12. The molecule has 0 atom stereocenters. The molecule has 0 bridgehead atoms. The molecule has 1 aromatic carbocycles. The second-order valence-electron chi connectivity index (χ2n) is 5.52. The summed E-state index contributed by atoms with van der Waals surface area (Å²) in [5, 5.41) is 3.23. The zero-order chi connectivity index (χ0) is 14.8. The van der Waals surface area contributed by atoms with Crippen LogP contribution in [0.3, 0.4) is 0 Å². The van der Waals surface area contributed by atoms with Crippen LogP contribution in [-0.2, 0) is 17.8 Å². The van der Waals surface area contributed by atoms with Gasteiger partial charge in [-0.2, -0.15) is 0 Å². The highest BCUT2D eigenvalue weighted by molar-refractivity contribution is 5.89. The van der Waals surface area contributed by atoms with E-state index in [1.54, 1.807) is 0 Å². The van der Waals surface area contributed by atoms with Gasteiger partial charge in [-0.05, 0) is 39.4 Å². The van der Waals surface area contributed by atoms with Crippen molar-refractivity contribution in [2.24, 2.45) is 0 Å². The van der Waals surface area contributed by atoms with Crippen LogP contribution in [0.1, 0.15) is 33.5 Å². The van der Waals surface area contributed by atoms with Crippen molar-refractivity contribution >= 4 is 16.8 Å². The summed E-state index contributed by atoms with van der Waals surface area (Å²) in [5.74, 6) is 1.02. The molecular weight excluding hydrogens is 250 g/mol. The first-order valence-electron chi connectivity index (χ1n) is 7.22. The lowest BCUT2D eigenvalue weighted by Crippen LogP contribution is -2.47. The van der Waals surface area contributed by atoms with Crippen LogP contribution in [0.4, 0.5) is 0 Å². The van der Waals surface area contributed by atoms with Gasteiger partial charge in [-0.3, -0.25) is 4.79 Å². The van der Waals surface area contributed by atoms with Crippen molar-refractivity contribution in [3.05, 3.63) is 30.1 Å². The van der Waals surface area contributed by atoms with E-state index in [2.05, 4.69) is 27.9 Å². The minimum absolute atomic E-state index is 0.171. The molecule has 20 heavy (non-hydrogen) atoms. The Morgan fingerprint density at radius 2 is 2.00 bits per heavy atom. The van der Waals surface area contributed by atoms with Gasteiger partial charge < -0.3 is 9.88 Å². The minimum atomic E-state index is -0.508. The van der Waals surface area contributed by atoms with Crippen molar-refractivity contribution in [1.29, 1.82) is 0 Å². The van der Waals surface area contributed by atoms with E-state index in [1.165, 1.54) is 0 Å². The number of fused-ring (bicyclic) bond motifs is 1. The van der Waals surface area contributed by atoms with Gasteiger partial charge in [0.1, 0.15) is 5.82 Å². The third kappa shape index (κ3) is 2.75. The van der Waals surface area contributed by atoms with Crippen LogP contribution in [0, 0.1) is 0 Å². The fourth-order valence-corrected chi connectivity index (χ4v) is 2.52. The third-order valence-corrected chi connectivity index (χ3v) is 3.68. The molecule has 0 aliphatic heterocycles. The van der Waals surface area contributed by atoms with Crippen molar-refractivity contribution in [3.8, 4) is 0 Å². The summed E-state index contributed by atoms with van der Waals surface area (Å²) in [5.41, 5.74) is 1.54. The Balaban J connectivity index is 2.32. The standard InChI is InChI=1S/C16H23N3O/c1-5-17-16(3,4)14(20)11-15-18-12-9-7-8-10-13(12)19(15)6-2/h7-10,17H,5-6,11H2,1-4H3. The van der Waals surface area contributed by atoms with E-state index < -0.39 is 5.54 Å². The topological polar surface area (TPSA) is 46.9 Å². The molecule has 0 saturated heterocycles. The number of aromatic nitrogens is 2. The molecule has 0 spiro atoms. The van der Waals surface area contributed by atoms with Crippen molar-refractivity contribution in [3.63, 3.8) is 0 Å². The molecule has 108 valence electrons. The Hall–Kier alpha value is -1.68. The predicted molar refractivity (Wildman–Crippen MR) is 81.9 cm³/mol. The number of rotatable bonds is 6. The van der Waals surface area contributed by atoms with E-state index in [-0.39, 0.29) is 5.78 Å². The Morgan fingerprint density at radius 1 is 1.30 bits per heavy atom. The molecule has 4 heteroatoms. The van der Waals surface area contributed by atoms with Gasteiger partial charge in [-0.1, -0.05) is 19.1 Å². The number of likely N-dealkylation sites (N-methyl/N-ethyl adjacent to an activating group) is 1. The maximum Gasteiger partial charge on any atom is 0.159 e. The molecule has 2 aromatic rings. The smallest absolute Gasteiger partial charge is 0.159 e. The second kappa shape index (κ2) is 5.75. The average Bonchev–Trinajstić information content (AvgIpc) is 2.75. The van der Waals surface area contributed by atoms with E-state index >= 15 is 0 Å². The Bertz CT molecular complexity index is 613. The van der Waals surface area contributed by atoms with Crippen LogP contribution in [-0.4, -0.2) is 27.4 Å². The van der Waals surface area contributed by atoms with E-state index in [9.17, 15) is 4.79 Å². The molecule has 0 saturated carbocycles. The molecule has 1 heterocycles. The molecule has 0 unspecified atom stereocenters. The Kier molecular flexibility index (Phi) is 4.23. The highest BCUT2D eigenvalue weighted by atomic mass is 16.1. The first kappa shape index (κ1) is 14.7. The van der Waals surface area contributed by atoms with Gasteiger partial charge in [-0.25, -0.2) is 4.98 Å². The largest absolute Gasteiger partial charge is 0.328 e. The fraction of sp³-hybridized carbons (Fsp3) is 0.500. The number of nitrogens with one attached hydrogen (secondary N) is 1. The summed E-state index contributed by atoms with van der Waals surface area (Å²) in [6, 6.07) is 8.02. The van der Waals surface area contributed by atoms with Crippen molar-refractivity contribution in [2.45, 2.75) is 46.2 Å². The number of carbonyl (C=O) groups excluding carboxylic acids is 1. The lowest BCUT2D eigenvalue weighted by atomic mass is 9.96. The molecule has 0 fully saturated rings. The number of hydrogen-bond donors (Lipinski definition) is 1. The van der Waals surface area contributed by atoms with Gasteiger partial charge in [0.2, 0.25) is 0 Å². The van der Waals surface area contributed by atoms with Gasteiger partial charge in [0, 0.05) is 6.54 Å². The lowest BCUT2D eigenvalue weighted by molar-refractivity contribution is -0.123. The molecule has 4 nitrogen and oxygen atoms in total. The quantitative estimate of drug-likeness (QED) is 0.880. The summed E-state index contributed by atoms with van der Waals surface area (Å²) in [6.07, 6.45) is 0.364. The number of nitrogens with zero attached hydrogens (tertiary/aromatic N) is 2. The Labute approximate surface area is 120 Å². The SMILES string of the molecule is CCNC(C)(C)C(=O)Cc1nc2ccccc2n1CC. The summed E-state index contributed by atoms with van der Waals surface area (Å²) in [4.78, 5) is 17.1. The molecule has 2 rings (SSSR count). The van der Waals surface area contributed by atoms with Gasteiger partial charge in [-0.15, -0.1) is 0 Å². The number of para-hydroxylation sites is 2. The van der Waals surface area contributed by atoms with Gasteiger partial charge in [0.25, 0.3) is 0 Å². The van der Waals surface area contributed by atoms with E-state index in [0.717, 1.165) is 29.9 Å². The highest BCUT2D eigenvalue weighted by Crippen LogP contribution is 2.18. The van der Waals surface area contributed by atoms with Crippen LogP contribution in [0.25, 0.3) is 11.0 Å². The van der Waals surface area contributed by atoms with Crippen LogP contribution >= 0.6 is 0 Å². The zero-order valence-electron chi connectivity index (χ0n) is 12.7. The molecule has 0 radical (unpaired) electrons. The predicted octanol–water partition coefficient (Wildman–Crippen LogP) is 2.56. The van der Waals surface area contributed by atoms with Gasteiger partial charge in [0.15, 0.2) is 5.78 Å². The first-order chi connectivity index (χ1) is 9.49. The minimum Gasteiger partial charge on any atom is -0.328 e. The third-order valence-electron chi connectivity index (χ3n) is 3.68. The number of imidazole rings is 1. The lowest BCUT2D eigenvalue weighted by Gasteiger charge is -2.24. The summed E-state index contributed by atoms with van der Waals surface area (Å²) in [7, 11) is 0. The number of aryl methyl sites for hydroxylation is 1. The van der Waals surface area contributed by atoms with E-state index in [0.29, 0.717) is 6.42 Å². The van der Waals surface area contributed by atoms with Gasteiger partial charge >= 0.3 is 0 Å². The second-order valence-corrected chi connectivity index (χ2v) is 5.52. The Morgan fingerprint density at radius 3 is 2.65 bits per heavy atom. The summed E-state index contributed by atoms with van der Waals surface area (Å²) in [6.45, 7) is 9.55. The molecule has 1 aromatic heterocycles. The van der Waals surface area contributed by atoms with Crippen molar-refractivity contribution in [2.75, 3.05) is 6.54 Å². The number of Topliss-reactive ketones (excluding diaryl/α,β-unsaturated/α-hetero) is 1. The first-order valence-corrected chi connectivity index (χ1v) is 7.22. The average molecular weight is 273 g/mol. The van der Waals surface area contributed by atoms with E-state index in [1.807, 2.05) is 39.0 Å². The monoisotopic (exact) mass is 273 g/mol. The maximum atomic E-state index is 12.5. The highest BCUT2D eigenvalue weighted by Gasteiger charge is 2.27. The van der Waals surface area contributed by atoms with Crippen molar-refractivity contribution < 1.29 is 4.79 Å². The van der Waals surface area contributed by atoms with E-state index in [4.69, 9.17) is 0 Å². The van der Waals surface area contributed by atoms with Crippen molar-refractivity contribution in [1.82, 2.24) is 14.9 Å². The number of hydrogen-bond acceptors (Lipinski definition) is 3. The van der Waals surface area contributed by atoms with Crippen LogP contribution in [0.2, 0.25) is 0 Å². The van der Waals surface area contributed by atoms with Gasteiger partial charge in [0.05, 0.1) is 23.0 Å². The number of carbonyl (C=O) groups is 1. The molecule has 1 N–H and O–H groups in total. The van der Waals surface area contributed by atoms with Crippen LogP contribution in [0.15, 0.2) is 24.3 Å². The molecule has 0 amide bonds. The number of benzene rings is 1. The molecular formula is C16H23N3O. The number of ketones is 1. The fourth-order valence-electron chi connectivity index (χ4n) is 2.52. The molecule has 0 aliphatic carbocycles. The van der Waals surface area contributed by atoms with Crippen LogP contribution < -0.4 is 5.32 Å². The zero-order valence-corrected chi connectivity index (χ0v) is 12.7. The maximum absolute atomic E-state index is 12.5.